The molecule has 3 rings (SSSR count). The van der Waals surface area contributed by atoms with Crippen LogP contribution in [0.4, 0.5) is 10.1 Å². The minimum absolute atomic E-state index is 0.132. The summed E-state index contributed by atoms with van der Waals surface area (Å²) in [4.78, 5) is 28.5. The molecule has 7 nitrogen and oxygen atoms in total. The third-order valence-electron chi connectivity index (χ3n) is 6.23. The summed E-state index contributed by atoms with van der Waals surface area (Å²) in [6, 6.07) is 19.6. The summed E-state index contributed by atoms with van der Waals surface area (Å²) in [5, 5.41) is 2.91. The molecule has 9 heteroatoms. The van der Waals surface area contributed by atoms with Gasteiger partial charge in [-0.1, -0.05) is 68.8 Å². The Labute approximate surface area is 230 Å². The number of rotatable bonds is 12. The van der Waals surface area contributed by atoms with Crippen LogP contribution in [0.3, 0.4) is 0 Å². The van der Waals surface area contributed by atoms with Gasteiger partial charge in [-0.3, -0.25) is 13.9 Å². The Balaban J connectivity index is 2.02. The van der Waals surface area contributed by atoms with Gasteiger partial charge in [0.05, 0.1) is 10.6 Å². The molecule has 2 amide bonds. The topological polar surface area (TPSA) is 86.8 Å². The molecule has 3 aromatic rings. The van der Waals surface area contributed by atoms with Crippen molar-refractivity contribution in [2.45, 2.75) is 51.6 Å². The second-order valence-corrected chi connectivity index (χ2v) is 11.7. The largest absolute Gasteiger partial charge is 0.354 e. The number of carbonyl (C=O) groups excluding carboxylic acids is 2. The molecule has 0 aliphatic rings. The molecule has 0 aromatic heterocycles. The summed E-state index contributed by atoms with van der Waals surface area (Å²) in [6.07, 6.45) is 0.345. The van der Waals surface area contributed by atoms with Gasteiger partial charge in [-0.2, -0.15) is 0 Å². The quantitative estimate of drug-likeness (QED) is 0.345. The van der Waals surface area contributed by atoms with E-state index in [1.54, 1.807) is 30.3 Å². The highest BCUT2D eigenvalue weighted by Crippen LogP contribution is 2.25. The Bertz CT molecular complexity index is 1360. The first-order valence-corrected chi connectivity index (χ1v) is 14.4. The fraction of sp³-hybridized carbons (Fsp3) is 0.333. The maximum atomic E-state index is 14.0. The lowest BCUT2D eigenvalue weighted by Gasteiger charge is -2.33. The molecule has 1 unspecified atom stereocenters. The standard InChI is InChI=1S/C30H36FN3O4S/c1-5-28(30(36)32-19-22(2)3)33(20-24-11-9-10-23(4)18-24)29(35)21-34(26-12-7-6-8-13-26)39(37,38)27-16-14-25(31)15-17-27/h6-18,22,28H,5,19-21H2,1-4H3,(H,32,36). The Morgan fingerprint density at radius 1 is 0.949 bits per heavy atom. The second-order valence-electron chi connectivity index (χ2n) is 9.87. The van der Waals surface area contributed by atoms with E-state index in [9.17, 15) is 22.4 Å². The summed E-state index contributed by atoms with van der Waals surface area (Å²) >= 11 is 0. The average Bonchev–Trinajstić information content (AvgIpc) is 2.91. The van der Waals surface area contributed by atoms with Crippen molar-refractivity contribution in [3.05, 3.63) is 95.8 Å². The predicted molar refractivity (Wildman–Crippen MR) is 151 cm³/mol. The molecule has 1 atom stereocenters. The van der Waals surface area contributed by atoms with Gasteiger partial charge in [0.25, 0.3) is 10.0 Å². The number of hydrogen-bond acceptors (Lipinski definition) is 4. The van der Waals surface area contributed by atoms with Crippen LogP contribution >= 0.6 is 0 Å². The number of aryl methyl sites for hydroxylation is 1. The van der Waals surface area contributed by atoms with Crippen LogP contribution in [-0.2, 0) is 26.2 Å². The maximum Gasteiger partial charge on any atom is 0.264 e. The molecule has 0 heterocycles. The van der Waals surface area contributed by atoms with Crippen LogP contribution in [-0.4, -0.2) is 44.3 Å². The van der Waals surface area contributed by atoms with Crippen LogP contribution in [0.5, 0.6) is 0 Å². The van der Waals surface area contributed by atoms with Crippen molar-refractivity contribution in [3.63, 3.8) is 0 Å². The van der Waals surface area contributed by atoms with Gasteiger partial charge in [-0.25, -0.2) is 12.8 Å². The molecule has 0 bridgehead atoms. The molecule has 0 aliphatic carbocycles. The lowest BCUT2D eigenvalue weighted by atomic mass is 10.1. The van der Waals surface area contributed by atoms with Gasteiger partial charge in [0, 0.05) is 13.1 Å². The van der Waals surface area contributed by atoms with Gasteiger partial charge in [0.2, 0.25) is 11.8 Å². The van der Waals surface area contributed by atoms with E-state index in [1.165, 1.54) is 17.0 Å². The summed E-state index contributed by atoms with van der Waals surface area (Å²) in [6.45, 7) is 7.77. The number of benzene rings is 3. The van der Waals surface area contributed by atoms with Crippen molar-refractivity contribution in [1.29, 1.82) is 0 Å². The Hall–Kier alpha value is -3.72. The van der Waals surface area contributed by atoms with E-state index < -0.39 is 34.3 Å². The molecule has 0 radical (unpaired) electrons. The summed E-state index contributed by atoms with van der Waals surface area (Å²) in [5.41, 5.74) is 2.11. The van der Waals surface area contributed by atoms with Crippen molar-refractivity contribution in [2.75, 3.05) is 17.4 Å². The highest BCUT2D eigenvalue weighted by atomic mass is 32.2. The minimum atomic E-state index is -4.23. The first-order chi connectivity index (χ1) is 18.5. The minimum Gasteiger partial charge on any atom is -0.354 e. The highest BCUT2D eigenvalue weighted by Gasteiger charge is 2.33. The smallest absolute Gasteiger partial charge is 0.264 e. The summed E-state index contributed by atoms with van der Waals surface area (Å²) in [5.74, 6) is -1.17. The van der Waals surface area contributed by atoms with Gasteiger partial charge < -0.3 is 10.2 Å². The molecular formula is C30H36FN3O4S. The van der Waals surface area contributed by atoms with E-state index >= 15 is 0 Å². The van der Waals surface area contributed by atoms with E-state index in [2.05, 4.69) is 5.32 Å². The molecule has 39 heavy (non-hydrogen) atoms. The van der Waals surface area contributed by atoms with Crippen LogP contribution < -0.4 is 9.62 Å². The Kier molecular flexibility index (Phi) is 10.2. The molecule has 0 spiro atoms. The number of halogens is 1. The van der Waals surface area contributed by atoms with Crippen LogP contribution in [0.25, 0.3) is 0 Å². The van der Waals surface area contributed by atoms with Crippen molar-refractivity contribution >= 4 is 27.5 Å². The van der Waals surface area contributed by atoms with Crippen molar-refractivity contribution in [3.8, 4) is 0 Å². The third kappa shape index (κ3) is 7.89. The second kappa shape index (κ2) is 13.4. The molecule has 0 saturated heterocycles. The first kappa shape index (κ1) is 29.8. The van der Waals surface area contributed by atoms with E-state index in [0.717, 1.165) is 27.6 Å². The first-order valence-electron chi connectivity index (χ1n) is 13.0. The number of nitrogens with one attached hydrogen (secondary N) is 1. The van der Waals surface area contributed by atoms with E-state index in [4.69, 9.17) is 0 Å². The van der Waals surface area contributed by atoms with E-state index in [-0.39, 0.29) is 29.0 Å². The molecule has 0 aliphatic heterocycles. The zero-order chi connectivity index (χ0) is 28.6. The van der Waals surface area contributed by atoms with Gasteiger partial charge in [-0.05, 0) is 61.2 Å². The fourth-order valence-corrected chi connectivity index (χ4v) is 5.62. The Morgan fingerprint density at radius 3 is 2.21 bits per heavy atom. The number of hydrogen-bond donors (Lipinski definition) is 1. The number of amides is 2. The number of para-hydroxylation sites is 1. The van der Waals surface area contributed by atoms with Gasteiger partial charge >= 0.3 is 0 Å². The third-order valence-corrected chi connectivity index (χ3v) is 8.02. The van der Waals surface area contributed by atoms with Crippen LogP contribution in [0.15, 0.2) is 83.8 Å². The van der Waals surface area contributed by atoms with Crippen molar-refractivity contribution in [1.82, 2.24) is 10.2 Å². The van der Waals surface area contributed by atoms with Crippen LogP contribution in [0.2, 0.25) is 0 Å². The molecular weight excluding hydrogens is 517 g/mol. The number of carbonyl (C=O) groups is 2. The summed E-state index contributed by atoms with van der Waals surface area (Å²) in [7, 11) is -4.23. The van der Waals surface area contributed by atoms with Crippen molar-refractivity contribution in [2.24, 2.45) is 5.92 Å². The number of sulfonamides is 1. The highest BCUT2D eigenvalue weighted by molar-refractivity contribution is 7.92. The normalized spacial score (nSPS) is 12.2. The van der Waals surface area contributed by atoms with Gasteiger partial charge in [0.1, 0.15) is 18.4 Å². The lowest BCUT2D eigenvalue weighted by molar-refractivity contribution is -0.140. The monoisotopic (exact) mass is 553 g/mol. The number of nitrogens with zero attached hydrogens (tertiary/aromatic N) is 2. The van der Waals surface area contributed by atoms with Crippen LogP contribution in [0, 0.1) is 18.7 Å². The summed E-state index contributed by atoms with van der Waals surface area (Å²) < 4.78 is 42.0. The van der Waals surface area contributed by atoms with Crippen molar-refractivity contribution < 1.29 is 22.4 Å². The van der Waals surface area contributed by atoms with E-state index in [1.807, 2.05) is 52.0 Å². The van der Waals surface area contributed by atoms with Gasteiger partial charge in [0.15, 0.2) is 0 Å². The Morgan fingerprint density at radius 2 is 1.62 bits per heavy atom. The molecule has 208 valence electrons. The number of anilines is 1. The molecule has 1 N–H and O–H groups in total. The molecule has 3 aromatic carbocycles. The predicted octanol–water partition coefficient (Wildman–Crippen LogP) is 4.91. The van der Waals surface area contributed by atoms with E-state index in [0.29, 0.717) is 13.0 Å². The maximum absolute atomic E-state index is 14.0. The SMILES string of the molecule is CCC(C(=O)NCC(C)C)N(Cc1cccc(C)c1)C(=O)CN(c1ccccc1)S(=O)(=O)c1ccc(F)cc1. The zero-order valence-electron chi connectivity index (χ0n) is 22.8. The average molecular weight is 554 g/mol. The van der Waals surface area contributed by atoms with Crippen LogP contribution in [0.1, 0.15) is 38.3 Å². The lowest BCUT2D eigenvalue weighted by Crippen LogP contribution is -2.52. The molecule has 0 saturated carbocycles. The zero-order valence-corrected chi connectivity index (χ0v) is 23.6. The fourth-order valence-electron chi connectivity index (χ4n) is 4.21. The molecule has 0 fully saturated rings. The van der Waals surface area contributed by atoms with Gasteiger partial charge in [-0.15, -0.1) is 0 Å².